The van der Waals surface area contributed by atoms with Crippen molar-refractivity contribution in [2.45, 2.75) is 0 Å². The van der Waals surface area contributed by atoms with Crippen LogP contribution in [-0.4, -0.2) is 24.3 Å². The molecule has 58 valence electrons. The normalized spacial score (nSPS) is 9.00. The summed E-state index contributed by atoms with van der Waals surface area (Å²) < 4.78 is 0.0759. The van der Waals surface area contributed by atoms with Gasteiger partial charge < -0.3 is 5.73 Å². The highest BCUT2D eigenvalue weighted by Crippen LogP contribution is 2.23. The molecule has 0 amide bonds. The molecule has 0 spiro atoms. The van der Waals surface area contributed by atoms with E-state index in [-0.39, 0.29) is 13.9 Å². The molecular weight excluding hydrogens is 212 g/mol. The third-order valence-electron chi connectivity index (χ3n) is 0.358. The first kappa shape index (κ1) is 10.4. The molecular formula is C2H4N2O2S4. The van der Waals surface area contributed by atoms with Crippen LogP contribution in [0.5, 0.6) is 0 Å². The fourth-order valence-corrected chi connectivity index (χ4v) is 1.60. The molecule has 0 heterocycles. The highest BCUT2D eigenvalue weighted by Gasteiger charge is 2.04. The Morgan fingerprint density at radius 2 is 1.80 bits per heavy atom. The van der Waals surface area contributed by atoms with Crippen LogP contribution in [0, 0.1) is 0 Å². The zero-order chi connectivity index (χ0) is 8.15. The Labute approximate surface area is 76.1 Å². The van der Waals surface area contributed by atoms with E-state index in [4.69, 9.17) is 16.1 Å². The molecule has 4 N–H and O–H groups in total. The molecule has 0 unspecified atom stereocenters. The largest absolute Gasteiger partial charge is 0.384 e. The molecule has 0 radical (unpaired) electrons. The van der Waals surface area contributed by atoms with E-state index >= 15 is 0 Å². The van der Waals surface area contributed by atoms with Crippen molar-refractivity contribution >= 4 is 54.7 Å². The van der Waals surface area contributed by atoms with Gasteiger partial charge in [0.15, 0.2) is 0 Å². The molecule has 10 heavy (non-hydrogen) atoms. The van der Waals surface area contributed by atoms with Crippen LogP contribution in [0.3, 0.4) is 0 Å². The average Bonchev–Trinajstić information content (AvgIpc) is 1.82. The van der Waals surface area contributed by atoms with Gasteiger partial charge in [-0.1, -0.05) is 12.2 Å². The minimum Gasteiger partial charge on any atom is -0.384 e. The Hall–Kier alpha value is 0.400. The van der Waals surface area contributed by atoms with E-state index in [1.54, 1.807) is 0 Å². The second-order valence-electron chi connectivity index (χ2n) is 1.04. The van der Waals surface area contributed by atoms with Crippen molar-refractivity contribution in [3.63, 3.8) is 0 Å². The van der Waals surface area contributed by atoms with E-state index in [1.807, 2.05) is 0 Å². The van der Waals surface area contributed by atoms with E-state index in [9.17, 15) is 0 Å². The van der Waals surface area contributed by atoms with Gasteiger partial charge in [0.1, 0.15) is 4.32 Å². The van der Waals surface area contributed by atoms with Gasteiger partial charge in [0, 0.05) is 0 Å². The molecule has 0 aromatic carbocycles. The van der Waals surface area contributed by atoms with Crippen LogP contribution in [0.2, 0.25) is 0 Å². The van der Waals surface area contributed by atoms with Crippen LogP contribution in [0.25, 0.3) is 0 Å². The van der Waals surface area contributed by atoms with Gasteiger partial charge in [-0.2, -0.15) is 0 Å². The quantitative estimate of drug-likeness (QED) is 0.314. The van der Waals surface area contributed by atoms with E-state index in [1.165, 1.54) is 0 Å². The van der Waals surface area contributed by atoms with Gasteiger partial charge >= 0.3 is 0 Å². The second kappa shape index (κ2) is 5.10. The first-order chi connectivity index (χ1) is 4.54. The summed E-state index contributed by atoms with van der Waals surface area (Å²) in [5.74, 6) is 0. The Morgan fingerprint density at radius 3 is 2.10 bits per heavy atom. The molecule has 0 aliphatic heterocycles. The monoisotopic (exact) mass is 216 g/mol. The van der Waals surface area contributed by atoms with Crippen molar-refractivity contribution in [3.05, 3.63) is 0 Å². The SMILES string of the molecule is NC(=S)SSC(=S)N(O)O. The predicted molar refractivity (Wildman–Crippen MR) is 50.0 cm³/mol. The van der Waals surface area contributed by atoms with Crippen molar-refractivity contribution in [3.8, 4) is 0 Å². The average molecular weight is 216 g/mol. The van der Waals surface area contributed by atoms with Gasteiger partial charge in [0.25, 0.3) is 0 Å². The number of thiocarbonyl (C=S) groups is 2. The molecule has 0 atom stereocenters. The van der Waals surface area contributed by atoms with Crippen molar-refractivity contribution in [1.82, 2.24) is 5.23 Å². The maximum Gasteiger partial charge on any atom is 0.201 e. The molecule has 0 aliphatic carbocycles. The number of hydroxylamine groups is 2. The van der Waals surface area contributed by atoms with Crippen LogP contribution in [-0.2, 0) is 0 Å². The third kappa shape index (κ3) is 5.21. The summed E-state index contributed by atoms with van der Waals surface area (Å²) in [6.45, 7) is 0. The lowest BCUT2D eigenvalue weighted by Crippen LogP contribution is -2.17. The Bertz CT molecular complexity index is 148. The molecule has 0 bridgehead atoms. The summed E-state index contributed by atoms with van der Waals surface area (Å²) in [5, 5.41) is 16.4. The number of rotatable bonds is 0. The van der Waals surface area contributed by atoms with Crippen LogP contribution >= 0.6 is 46.0 Å². The fourth-order valence-electron chi connectivity index (χ4n) is 0.110. The van der Waals surface area contributed by atoms with E-state index in [0.717, 1.165) is 21.6 Å². The van der Waals surface area contributed by atoms with Gasteiger partial charge in [-0.15, -0.1) is 5.23 Å². The van der Waals surface area contributed by atoms with Crippen molar-refractivity contribution in [2.24, 2.45) is 5.73 Å². The smallest absolute Gasteiger partial charge is 0.201 e. The maximum absolute atomic E-state index is 8.26. The second-order valence-corrected chi connectivity index (χ2v) is 4.54. The van der Waals surface area contributed by atoms with Gasteiger partial charge in [-0.05, 0) is 33.8 Å². The van der Waals surface area contributed by atoms with E-state index in [2.05, 4.69) is 24.4 Å². The predicted octanol–water partition coefficient (Wildman–Crippen LogP) is 0.977. The molecule has 0 aliphatic rings. The van der Waals surface area contributed by atoms with E-state index in [0.29, 0.717) is 0 Å². The lowest BCUT2D eigenvalue weighted by atomic mass is 11.5. The molecule has 0 aromatic rings. The molecule has 8 heteroatoms. The van der Waals surface area contributed by atoms with Crippen molar-refractivity contribution < 1.29 is 10.4 Å². The highest BCUT2D eigenvalue weighted by molar-refractivity contribution is 8.89. The van der Waals surface area contributed by atoms with Crippen LogP contribution < -0.4 is 5.73 Å². The molecule has 0 aromatic heterocycles. The lowest BCUT2D eigenvalue weighted by molar-refractivity contribution is -0.239. The zero-order valence-corrected chi connectivity index (χ0v) is 7.82. The van der Waals surface area contributed by atoms with Crippen LogP contribution in [0.1, 0.15) is 0 Å². The zero-order valence-electron chi connectivity index (χ0n) is 4.55. The van der Waals surface area contributed by atoms with Gasteiger partial charge in [-0.25, -0.2) is 0 Å². The number of nitrogens with zero attached hydrogens (tertiary/aromatic N) is 1. The third-order valence-corrected chi connectivity index (χ3v) is 3.47. The maximum atomic E-state index is 8.26. The summed E-state index contributed by atoms with van der Waals surface area (Å²) in [4.78, 5) is 0. The molecule has 0 fully saturated rings. The summed E-state index contributed by atoms with van der Waals surface area (Å²) in [5.41, 5.74) is 5.07. The highest BCUT2D eigenvalue weighted by atomic mass is 33.1. The van der Waals surface area contributed by atoms with Crippen molar-refractivity contribution in [1.29, 1.82) is 0 Å². The lowest BCUT2D eigenvalue weighted by Gasteiger charge is -2.05. The summed E-state index contributed by atoms with van der Waals surface area (Å²) >= 11 is 8.93. The summed E-state index contributed by atoms with van der Waals surface area (Å²) in [6.07, 6.45) is 0. The topological polar surface area (TPSA) is 69.7 Å². The van der Waals surface area contributed by atoms with Crippen LogP contribution in [0.4, 0.5) is 0 Å². The fraction of sp³-hybridized carbons (Fsp3) is 0. The molecule has 4 nitrogen and oxygen atoms in total. The van der Waals surface area contributed by atoms with E-state index < -0.39 is 0 Å². The minimum absolute atomic E-state index is 0.113. The number of hydrogen-bond acceptors (Lipinski definition) is 6. The first-order valence-corrected chi connectivity index (χ1v) is 4.86. The molecule has 0 saturated carbocycles. The molecule has 0 rings (SSSR count). The number of nitrogens with two attached hydrogens (primary N) is 1. The van der Waals surface area contributed by atoms with Crippen molar-refractivity contribution in [2.75, 3.05) is 0 Å². The molecule has 0 saturated heterocycles. The Balaban J connectivity index is 3.50. The van der Waals surface area contributed by atoms with Gasteiger partial charge in [-0.3, -0.25) is 10.4 Å². The van der Waals surface area contributed by atoms with Crippen LogP contribution in [0.15, 0.2) is 0 Å². The first-order valence-electron chi connectivity index (χ1n) is 1.90. The summed E-state index contributed by atoms with van der Waals surface area (Å²) in [7, 11) is 1.89. The standard InChI is InChI=1S/C2H4N2O2S4/c3-1(7)9-10-2(8)4(5)6/h5-6H,(H2,3,7). The Morgan fingerprint density at radius 1 is 1.30 bits per heavy atom. The van der Waals surface area contributed by atoms with Gasteiger partial charge in [0.2, 0.25) is 4.32 Å². The Kier molecular flexibility index (Phi) is 5.31. The summed E-state index contributed by atoms with van der Waals surface area (Å²) in [6, 6.07) is 0. The number of hydrogen-bond donors (Lipinski definition) is 3. The minimum atomic E-state index is -0.161. The van der Waals surface area contributed by atoms with Gasteiger partial charge in [0.05, 0.1) is 0 Å².